The van der Waals surface area contributed by atoms with Crippen molar-refractivity contribution in [3.05, 3.63) is 88.9 Å². The van der Waals surface area contributed by atoms with Crippen molar-refractivity contribution in [3.8, 4) is 0 Å². The predicted octanol–water partition coefficient (Wildman–Crippen LogP) is 4.87. The van der Waals surface area contributed by atoms with Crippen LogP contribution in [0.1, 0.15) is 29.8 Å². The largest absolute Gasteiger partial charge is 0.352 e. The van der Waals surface area contributed by atoms with Crippen LogP contribution in [0.3, 0.4) is 0 Å². The van der Waals surface area contributed by atoms with Gasteiger partial charge in [-0.2, -0.15) is 0 Å². The number of sulfonamides is 1. The van der Waals surface area contributed by atoms with Crippen molar-refractivity contribution in [2.45, 2.75) is 25.7 Å². The van der Waals surface area contributed by atoms with Crippen molar-refractivity contribution in [1.82, 2.24) is 5.32 Å². The fraction of sp³-hybridized carbons (Fsp3) is 0.231. The highest BCUT2D eigenvalue weighted by Crippen LogP contribution is 2.25. The molecule has 0 aromatic heterocycles. The molecule has 3 rings (SSSR count). The lowest BCUT2D eigenvalue weighted by molar-refractivity contribution is -0.114. The molecule has 0 atom stereocenters. The topological polar surface area (TPSA) is 95.6 Å². The van der Waals surface area contributed by atoms with Gasteiger partial charge in [0.2, 0.25) is 5.91 Å². The number of nitrogens with one attached hydrogen (secondary N) is 2. The number of rotatable bonds is 9. The minimum Gasteiger partial charge on any atom is -0.352 e. The first kappa shape index (κ1) is 26.2. The van der Waals surface area contributed by atoms with Crippen LogP contribution in [0.4, 0.5) is 11.4 Å². The molecule has 0 unspecified atom stereocenters. The van der Waals surface area contributed by atoms with E-state index < -0.39 is 22.5 Å². The molecular weight excluding hydrogens is 486 g/mol. The third kappa shape index (κ3) is 6.83. The van der Waals surface area contributed by atoms with E-state index in [9.17, 15) is 18.0 Å². The molecular formula is C26H28ClN3O4S. The predicted molar refractivity (Wildman–Crippen MR) is 139 cm³/mol. The Kier molecular flexibility index (Phi) is 8.53. The third-order valence-electron chi connectivity index (χ3n) is 5.13. The zero-order chi connectivity index (χ0) is 25.6. The van der Waals surface area contributed by atoms with Crippen LogP contribution in [-0.2, 0) is 14.8 Å². The SMILES string of the molecule is Cc1ccc(N(CC(=O)Nc2ccccc2C(=O)NCC(C)C)S(=O)(=O)c2ccc(Cl)cc2)cc1. The normalized spacial score (nSPS) is 11.2. The number of halogens is 1. The average Bonchev–Trinajstić information content (AvgIpc) is 2.82. The lowest BCUT2D eigenvalue weighted by Gasteiger charge is -2.24. The zero-order valence-corrected chi connectivity index (χ0v) is 21.4. The number of carbonyl (C=O) groups excluding carboxylic acids is 2. The van der Waals surface area contributed by atoms with Crippen molar-refractivity contribution >= 4 is 44.8 Å². The second kappa shape index (κ2) is 11.4. The maximum absolute atomic E-state index is 13.5. The van der Waals surface area contributed by atoms with Gasteiger partial charge in [0.25, 0.3) is 15.9 Å². The monoisotopic (exact) mass is 513 g/mol. The summed E-state index contributed by atoms with van der Waals surface area (Å²) in [5.74, 6) is -0.646. The van der Waals surface area contributed by atoms with Crippen LogP contribution >= 0.6 is 11.6 Å². The first-order valence-corrected chi connectivity index (χ1v) is 12.9. The van der Waals surface area contributed by atoms with Crippen molar-refractivity contribution < 1.29 is 18.0 Å². The standard InChI is InChI=1S/C26H28ClN3O4S/c1-18(2)16-28-26(32)23-6-4-5-7-24(23)29-25(31)17-30(21-12-8-19(3)9-13-21)35(33,34)22-14-10-20(27)11-15-22/h4-15,18H,16-17H2,1-3H3,(H,28,32)(H,29,31). The number of hydrogen-bond donors (Lipinski definition) is 2. The molecule has 0 aliphatic carbocycles. The second-order valence-electron chi connectivity index (χ2n) is 8.50. The van der Waals surface area contributed by atoms with Gasteiger partial charge in [-0.25, -0.2) is 8.42 Å². The Hall–Kier alpha value is -3.36. The highest BCUT2D eigenvalue weighted by molar-refractivity contribution is 7.92. The van der Waals surface area contributed by atoms with Gasteiger partial charge in [0.15, 0.2) is 0 Å². The molecule has 35 heavy (non-hydrogen) atoms. The van der Waals surface area contributed by atoms with E-state index in [1.54, 1.807) is 48.5 Å². The molecule has 0 spiro atoms. The number of benzene rings is 3. The van der Waals surface area contributed by atoms with Gasteiger partial charge in [-0.15, -0.1) is 0 Å². The number of nitrogens with zero attached hydrogens (tertiary/aromatic N) is 1. The van der Waals surface area contributed by atoms with Gasteiger partial charge in [-0.05, 0) is 61.4 Å². The summed E-state index contributed by atoms with van der Waals surface area (Å²) in [5.41, 5.74) is 1.88. The lowest BCUT2D eigenvalue weighted by atomic mass is 10.1. The molecule has 3 aromatic carbocycles. The number of carbonyl (C=O) groups is 2. The second-order valence-corrected chi connectivity index (χ2v) is 10.8. The summed E-state index contributed by atoms with van der Waals surface area (Å²) < 4.78 is 28.0. The molecule has 0 saturated heterocycles. The molecule has 0 aliphatic heterocycles. The number of aryl methyl sites for hydroxylation is 1. The molecule has 0 aliphatic rings. The molecule has 0 fully saturated rings. The Morgan fingerprint density at radius 2 is 1.57 bits per heavy atom. The Morgan fingerprint density at radius 1 is 0.943 bits per heavy atom. The Bertz CT molecular complexity index is 1290. The van der Waals surface area contributed by atoms with Crippen LogP contribution < -0.4 is 14.9 Å². The number of amides is 2. The molecule has 184 valence electrons. The Morgan fingerprint density at radius 3 is 2.20 bits per heavy atom. The zero-order valence-electron chi connectivity index (χ0n) is 19.8. The smallest absolute Gasteiger partial charge is 0.264 e. The molecule has 2 amide bonds. The van der Waals surface area contributed by atoms with Crippen LogP contribution in [0, 0.1) is 12.8 Å². The molecule has 9 heteroatoms. The fourth-order valence-electron chi connectivity index (χ4n) is 3.26. The molecule has 3 aromatic rings. The van der Waals surface area contributed by atoms with Crippen LogP contribution in [0.5, 0.6) is 0 Å². The Labute approximate surface area is 211 Å². The third-order valence-corrected chi connectivity index (χ3v) is 7.17. The fourth-order valence-corrected chi connectivity index (χ4v) is 4.81. The first-order valence-electron chi connectivity index (χ1n) is 11.1. The molecule has 0 radical (unpaired) electrons. The summed E-state index contributed by atoms with van der Waals surface area (Å²) in [5, 5.41) is 5.92. The van der Waals surface area contributed by atoms with E-state index in [2.05, 4.69) is 10.6 Å². The highest BCUT2D eigenvalue weighted by Gasteiger charge is 2.27. The van der Waals surface area contributed by atoms with E-state index in [1.807, 2.05) is 20.8 Å². The maximum Gasteiger partial charge on any atom is 0.264 e. The van der Waals surface area contributed by atoms with E-state index >= 15 is 0 Å². The number of para-hydroxylation sites is 1. The average molecular weight is 514 g/mol. The number of hydrogen-bond acceptors (Lipinski definition) is 4. The van der Waals surface area contributed by atoms with Gasteiger partial charge in [0, 0.05) is 11.6 Å². The van der Waals surface area contributed by atoms with Crippen LogP contribution in [0.25, 0.3) is 0 Å². The van der Waals surface area contributed by atoms with E-state index in [-0.39, 0.29) is 16.7 Å². The molecule has 0 heterocycles. The quantitative estimate of drug-likeness (QED) is 0.426. The summed E-state index contributed by atoms with van der Waals surface area (Å²) in [6, 6.07) is 19.2. The van der Waals surface area contributed by atoms with E-state index in [1.165, 1.54) is 24.3 Å². The van der Waals surface area contributed by atoms with Gasteiger partial charge in [-0.1, -0.05) is 55.3 Å². The van der Waals surface area contributed by atoms with Crippen LogP contribution in [0.2, 0.25) is 5.02 Å². The number of anilines is 2. The molecule has 0 saturated carbocycles. The minimum atomic E-state index is -4.08. The summed E-state index contributed by atoms with van der Waals surface area (Å²) >= 11 is 5.93. The van der Waals surface area contributed by atoms with Crippen molar-refractivity contribution in [2.75, 3.05) is 22.7 Å². The summed E-state index contributed by atoms with van der Waals surface area (Å²) in [6.07, 6.45) is 0. The van der Waals surface area contributed by atoms with Gasteiger partial charge < -0.3 is 10.6 Å². The summed E-state index contributed by atoms with van der Waals surface area (Å²) in [7, 11) is -4.08. The Balaban J connectivity index is 1.89. The van der Waals surface area contributed by atoms with Gasteiger partial charge in [0.05, 0.1) is 21.8 Å². The van der Waals surface area contributed by atoms with Crippen LogP contribution in [0.15, 0.2) is 77.7 Å². The highest BCUT2D eigenvalue weighted by atomic mass is 35.5. The first-order chi connectivity index (χ1) is 16.6. The van der Waals surface area contributed by atoms with Crippen molar-refractivity contribution in [2.24, 2.45) is 5.92 Å². The summed E-state index contributed by atoms with van der Waals surface area (Å²) in [6.45, 7) is 5.84. The minimum absolute atomic E-state index is 0.00346. The van der Waals surface area contributed by atoms with Crippen molar-refractivity contribution in [3.63, 3.8) is 0 Å². The van der Waals surface area contributed by atoms with Gasteiger partial charge in [0.1, 0.15) is 6.54 Å². The maximum atomic E-state index is 13.5. The molecule has 0 bridgehead atoms. The van der Waals surface area contributed by atoms with Crippen LogP contribution in [-0.4, -0.2) is 33.3 Å². The van der Waals surface area contributed by atoms with E-state index in [0.29, 0.717) is 28.5 Å². The van der Waals surface area contributed by atoms with Gasteiger partial charge >= 0.3 is 0 Å². The van der Waals surface area contributed by atoms with E-state index in [0.717, 1.165) is 9.87 Å². The van der Waals surface area contributed by atoms with Gasteiger partial charge in [-0.3, -0.25) is 13.9 Å². The molecule has 2 N–H and O–H groups in total. The van der Waals surface area contributed by atoms with Crippen molar-refractivity contribution in [1.29, 1.82) is 0 Å². The summed E-state index contributed by atoms with van der Waals surface area (Å²) in [4.78, 5) is 25.7. The lowest BCUT2D eigenvalue weighted by Crippen LogP contribution is -2.38. The van der Waals surface area contributed by atoms with E-state index in [4.69, 9.17) is 11.6 Å². The molecule has 7 nitrogen and oxygen atoms in total.